The van der Waals surface area contributed by atoms with Gasteiger partial charge in [-0.1, -0.05) is 51.5 Å². The van der Waals surface area contributed by atoms with Crippen molar-refractivity contribution in [1.82, 2.24) is 5.32 Å². The van der Waals surface area contributed by atoms with E-state index in [4.69, 9.17) is 0 Å². The molecule has 0 aromatic heterocycles. The maximum absolute atomic E-state index is 3.46. The van der Waals surface area contributed by atoms with Crippen LogP contribution in [-0.4, -0.2) is 13.1 Å². The van der Waals surface area contributed by atoms with Crippen molar-refractivity contribution in [3.8, 4) is 0 Å². The fraction of sp³-hybridized carbons (Fsp3) is 0.625. The molecule has 1 rings (SSSR count). The predicted octanol–water partition coefficient (Wildman–Crippen LogP) is 3.82. The highest BCUT2D eigenvalue weighted by atomic mass is 14.9. The Bertz CT molecular complexity index is 302. The number of rotatable bonds is 7. The Labute approximate surface area is 107 Å². The summed E-state index contributed by atoms with van der Waals surface area (Å²) in [5.74, 6) is 0.746. The van der Waals surface area contributed by atoms with E-state index in [1.165, 1.54) is 24.0 Å². The molecule has 0 saturated carbocycles. The Balaban J connectivity index is 2.60. The van der Waals surface area contributed by atoms with Crippen LogP contribution in [0.3, 0.4) is 0 Å². The van der Waals surface area contributed by atoms with Gasteiger partial charge in [0.2, 0.25) is 0 Å². The first-order chi connectivity index (χ1) is 8.21. The van der Waals surface area contributed by atoms with Gasteiger partial charge in [0.1, 0.15) is 0 Å². The van der Waals surface area contributed by atoms with Crippen molar-refractivity contribution in [2.75, 3.05) is 7.05 Å². The summed E-state index contributed by atoms with van der Waals surface area (Å²) in [6.45, 7) is 6.82. The smallest absolute Gasteiger partial charge is 0.0130 e. The number of nitrogens with one attached hydrogen (secondary N) is 1. The molecule has 0 saturated heterocycles. The lowest BCUT2D eigenvalue weighted by atomic mass is 9.91. The Morgan fingerprint density at radius 2 is 1.65 bits per heavy atom. The predicted molar refractivity (Wildman–Crippen MR) is 76.4 cm³/mol. The molecule has 0 spiro atoms. The summed E-state index contributed by atoms with van der Waals surface area (Å²) in [7, 11) is 2.08. The monoisotopic (exact) mass is 233 g/mol. The summed E-state index contributed by atoms with van der Waals surface area (Å²) in [6, 6.07) is 9.67. The van der Waals surface area contributed by atoms with Crippen LogP contribution in [0.15, 0.2) is 24.3 Å². The molecule has 1 N–H and O–H groups in total. The average Bonchev–Trinajstić information content (AvgIpc) is 2.37. The van der Waals surface area contributed by atoms with Gasteiger partial charge in [0, 0.05) is 6.04 Å². The van der Waals surface area contributed by atoms with Crippen LogP contribution in [0.25, 0.3) is 0 Å². The van der Waals surface area contributed by atoms with Crippen LogP contribution in [0.2, 0.25) is 0 Å². The van der Waals surface area contributed by atoms with E-state index in [2.05, 4.69) is 57.4 Å². The summed E-state index contributed by atoms with van der Waals surface area (Å²) >= 11 is 0. The van der Waals surface area contributed by atoms with Gasteiger partial charge in [0.15, 0.2) is 0 Å². The number of hydrogen-bond donors (Lipinski definition) is 1. The molecule has 1 aromatic rings. The third-order valence-electron chi connectivity index (χ3n) is 3.69. The van der Waals surface area contributed by atoms with Crippen LogP contribution in [0.4, 0.5) is 0 Å². The van der Waals surface area contributed by atoms with Gasteiger partial charge in [-0.2, -0.15) is 0 Å². The Morgan fingerprint density at radius 1 is 1.06 bits per heavy atom. The molecule has 1 nitrogen and oxygen atoms in total. The molecule has 17 heavy (non-hydrogen) atoms. The van der Waals surface area contributed by atoms with Crippen LogP contribution in [-0.2, 0) is 12.8 Å². The lowest BCUT2D eigenvalue weighted by molar-refractivity contribution is 0.371. The highest BCUT2D eigenvalue weighted by Gasteiger charge is 2.14. The van der Waals surface area contributed by atoms with Crippen molar-refractivity contribution in [3.05, 3.63) is 35.4 Å². The molecule has 0 radical (unpaired) electrons. The van der Waals surface area contributed by atoms with Crippen molar-refractivity contribution in [2.45, 2.75) is 52.5 Å². The fourth-order valence-electron chi connectivity index (χ4n) is 2.41. The van der Waals surface area contributed by atoms with Crippen LogP contribution in [0, 0.1) is 5.92 Å². The van der Waals surface area contributed by atoms with Crippen LogP contribution < -0.4 is 5.32 Å². The third-order valence-corrected chi connectivity index (χ3v) is 3.69. The van der Waals surface area contributed by atoms with Crippen molar-refractivity contribution in [3.63, 3.8) is 0 Å². The first-order valence-electron chi connectivity index (χ1n) is 6.96. The molecule has 96 valence electrons. The molecule has 0 fully saturated rings. The second-order valence-corrected chi connectivity index (χ2v) is 5.04. The second kappa shape index (κ2) is 7.50. The zero-order chi connectivity index (χ0) is 12.7. The summed E-state index contributed by atoms with van der Waals surface area (Å²) in [6.07, 6.45) is 4.84. The molecule has 0 aliphatic carbocycles. The summed E-state index contributed by atoms with van der Waals surface area (Å²) in [5.41, 5.74) is 2.88. The molecule has 1 heteroatoms. The van der Waals surface area contributed by atoms with E-state index in [1.54, 1.807) is 0 Å². The number of aryl methyl sites for hydroxylation is 1. The van der Waals surface area contributed by atoms with Gasteiger partial charge in [-0.05, 0) is 43.4 Å². The van der Waals surface area contributed by atoms with Gasteiger partial charge in [-0.25, -0.2) is 0 Å². The molecule has 2 atom stereocenters. The Kier molecular flexibility index (Phi) is 6.28. The Morgan fingerprint density at radius 3 is 2.12 bits per heavy atom. The van der Waals surface area contributed by atoms with Gasteiger partial charge in [0.05, 0.1) is 0 Å². The minimum atomic E-state index is 0.599. The largest absolute Gasteiger partial charge is 0.316 e. The average molecular weight is 233 g/mol. The molecule has 0 aliphatic heterocycles. The Hall–Kier alpha value is -0.820. The van der Waals surface area contributed by atoms with E-state index >= 15 is 0 Å². The molecule has 1 aromatic carbocycles. The van der Waals surface area contributed by atoms with Gasteiger partial charge < -0.3 is 5.32 Å². The van der Waals surface area contributed by atoms with E-state index in [0.717, 1.165) is 18.8 Å². The zero-order valence-corrected chi connectivity index (χ0v) is 11.8. The fourth-order valence-corrected chi connectivity index (χ4v) is 2.41. The highest BCUT2D eigenvalue weighted by molar-refractivity contribution is 5.23. The maximum Gasteiger partial charge on any atom is 0.0130 e. The van der Waals surface area contributed by atoms with E-state index in [0.29, 0.717) is 6.04 Å². The van der Waals surface area contributed by atoms with Crippen molar-refractivity contribution >= 4 is 0 Å². The molecular formula is C16H27N. The van der Waals surface area contributed by atoms with Gasteiger partial charge in [0.25, 0.3) is 0 Å². The molecule has 0 aliphatic rings. The van der Waals surface area contributed by atoms with Crippen molar-refractivity contribution < 1.29 is 0 Å². The van der Waals surface area contributed by atoms with Crippen molar-refractivity contribution in [1.29, 1.82) is 0 Å². The van der Waals surface area contributed by atoms with E-state index in [1.807, 2.05) is 0 Å². The van der Waals surface area contributed by atoms with Gasteiger partial charge in [-0.15, -0.1) is 0 Å². The minimum absolute atomic E-state index is 0.599. The first kappa shape index (κ1) is 14.2. The van der Waals surface area contributed by atoms with E-state index in [9.17, 15) is 0 Å². The standard InChI is InChI=1S/C16H27N/c1-5-7-13(3)16(17-4)12-15-10-8-14(6-2)9-11-15/h8-11,13,16-17H,5-7,12H2,1-4H3. The summed E-state index contributed by atoms with van der Waals surface area (Å²) in [5, 5.41) is 3.46. The van der Waals surface area contributed by atoms with Crippen molar-refractivity contribution in [2.24, 2.45) is 5.92 Å². The summed E-state index contributed by atoms with van der Waals surface area (Å²) in [4.78, 5) is 0. The number of benzene rings is 1. The number of likely N-dealkylation sites (N-methyl/N-ethyl adjacent to an activating group) is 1. The van der Waals surface area contributed by atoms with Crippen LogP contribution >= 0.6 is 0 Å². The van der Waals surface area contributed by atoms with Gasteiger partial charge in [-0.3, -0.25) is 0 Å². The molecule has 2 unspecified atom stereocenters. The summed E-state index contributed by atoms with van der Waals surface area (Å²) < 4.78 is 0. The normalized spacial score (nSPS) is 14.6. The van der Waals surface area contributed by atoms with E-state index in [-0.39, 0.29) is 0 Å². The molecule has 0 heterocycles. The third kappa shape index (κ3) is 4.51. The van der Waals surface area contributed by atoms with Crippen LogP contribution in [0.1, 0.15) is 44.7 Å². The highest BCUT2D eigenvalue weighted by Crippen LogP contribution is 2.16. The lowest BCUT2D eigenvalue weighted by Crippen LogP contribution is -2.34. The SMILES string of the molecule is CCCC(C)C(Cc1ccc(CC)cc1)NC. The molecule has 0 bridgehead atoms. The van der Waals surface area contributed by atoms with Crippen LogP contribution in [0.5, 0.6) is 0 Å². The molecule has 0 amide bonds. The zero-order valence-electron chi connectivity index (χ0n) is 11.8. The quantitative estimate of drug-likeness (QED) is 0.755. The topological polar surface area (TPSA) is 12.0 Å². The number of hydrogen-bond acceptors (Lipinski definition) is 1. The second-order valence-electron chi connectivity index (χ2n) is 5.04. The first-order valence-corrected chi connectivity index (χ1v) is 6.96. The van der Waals surface area contributed by atoms with Gasteiger partial charge >= 0.3 is 0 Å². The minimum Gasteiger partial charge on any atom is -0.316 e. The maximum atomic E-state index is 3.46. The van der Waals surface area contributed by atoms with E-state index < -0.39 is 0 Å². The molecular weight excluding hydrogens is 206 g/mol. The lowest BCUT2D eigenvalue weighted by Gasteiger charge is -2.23.